The van der Waals surface area contributed by atoms with E-state index < -0.39 is 5.92 Å². The zero-order valence-electron chi connectivity index (χ0n) is 16.3. The van der Waals surface area contributed by atoms with E-state index in [1.54, 1.807) is 6.20 Å². The van der Waals surface area contributed by atoms with E-state index >= 15 is 0 Å². The van der Waals surface area contributed by atoms with Crippen molar-refractivity contribution in [2.75, 3.05) is 5.32 Å². The number of benzene rings is 1. The van der Waals surface area contributed by atoms with Crippen LogP contribution in [0.3, 0.4) is 0 Å². The number of alkyl halides is 2. The van der Waals surface area contributed by atoms with Crippen molar-refractivity contribution in [2.45, 2.75) is 57.9 Å². The number of nitrogens with one attached hydrogen (secondary N) is 2. The third-order valence-electron chi connectivity index (χ3n) is 5.49. The Bertz CT molecular complexity index is 801. The van der Waals surface area contributed by atoms with Gasteiger partial charge in [-0.2, -0.15) is 0 Å². The minimum Gasteiger partial charge on any atom is -0.335 e. The molecule has 2 N–H and O–H groups in total. The van der Waals surface area contributed by atoms with Crippen LogP contribution in [0.15, 0.2) is 42.6 Å². The number of halogens is 2. The number of pyridine rings is 1. The molecule has 3 rings (SSSR count). The first-order chi connectivity index (χ1) is 13.3. The number of aryl methyl sites for hydroxylation is 1. The van der Waals surface area contributed by atoms with Crippen molar-refractivity contribution in [3.63, 3.8) is 0 Å². The first-order valence-electron chi connectivity index (χ1n) is 9.77. The predicted octanol–water partition coefficient (Wildman–Crippen LogP) is 5.32. The zero-order chi connectivity index (χ0) is 20.1. The minimum absolute atomic E-state index is 0.0851. The molecule has 1 aliphatic carbocycles. The summed E-state index contributed by atoms with van der Waals surface area (Å²) in [5, 5.41) is 5.82. The number of aromatic nitrogens is 1. The molecule has 4 nitrogen and oxygen atoms in total. The number of amides is 2. The molecule has 1 atom stereocenters. The van der Waals surface area contributed by atoms with Gasteiger partial charge in [-0.1, -0.05) is 18.2 Å². The van der Waals surface area contributed by atoms with Gasteiger partial charge in [0.1, 0.15) is 0 Å². The number of urea groups is 1. The van der Waals surface area contributed by atoms with Gasteiger partial charge >= 0.3 is 6.03 Å². The lowest BCUT2D eigenvalue weighted by Gasteiger charge is -2.32. The maximum absolute atomic E-state index is 13.3. The fourth-order valence-corrected chi connectivity index (χ4v) is 3.67. The molecule has 0 radical (unpaired) electrons. The van der Waals surface area contributed by atoms with Gasteiger partial charge < -0.3 is 10.6 Å². The van der Waals surface area contributed by atoms with Gasteiger partial charge in [-0.3, -0.25) is 4.98 Å². The van der Waals surface area contributed by atoms with Crippen LogP contribution in [0.5, 0.6) is 0 Å². The summed E-state index contributed by atoms with van der Waals surface area (Å²) in [6.07, 6.45) is 3.13. The molecule has 2 aromatic rings. The van der Waals surface area contributed by atoms with Crippen molar-refractivity contribution < 1.29 is 13.6 Å². The van der Waals surface area contributed by atoms with Gasteiger partial charge in [0.25, 0.3) is 0 Å². The monoisotopic (exact) mass is 387 g/mol. The molecule has 0 spiro atoms. The highest BCUT2D eigenvalue weighted by Crippen LogP contribution is 2.37. The Morgan fingerprint density at radius 1 is 1.25 bits per heavy atom. The minimum atomic E-state index is -2.55. The Morgan fingerprint density at radius 2 is 2.00 bits per heavy atom. The summed E-state index contributed by atoms with van der Waals surface area (Å²) in [7, 11) is 0. The average molecular weight is 387 g/mol. The van der Waals surface area contributed by atoms with Gasteiger partial charge in [-0.25, -0.2) is 13.6 Å². The largest absolute Gasteiger partial charge is 0.335 e. The molecular formula is C22H27F2N3O. The van der Waals surface area contributed by atoms with Crippen LogP contribution in [0.2, 0.25) is 0 Å². The summed E-state index contributed by atoms with van der Waals surface area (Å²) in [5.41, 5.74) is 3.73. The molecule has 6 heteroatoms. The summed E-state index contributed by atoms with van der Waals surface area (Å²) in [6, 6.07) is 11.3. The normalized spacial score (nSPS) is 17.7. The van der Waals surface area contributed by atoms with Crippen molar-refractivity contribution in [3.05, 3.63) is 59.4 Å². The second-order valence-electron chi connectivity index (χ2n) is 7.73. The Labute approximate surface area is 164 Å². The van der Waals surface area contributed by atoms with E-state index in [9.17, 15) is 13.6 Å². The van der Waals surface area contributed by atoms with Crippen molar-refractivity contribution in [2.24, 2.45) is 5.92 Å². The van der Waals surface area contributed by atoms with Gasteiger partial charge in [0.15, 0.2) is 0 Å². The molecule has 0 bridgehead atoms. The molecule has 1 aliphatic rings. The molecule has 1 unspecified atom stereocenters. The molecule has 150 valence electrons. The Balaban J connectivity index is 1.58. The standard InChI is InChI=1S/C22H27F2N3O/c1-15-6-7-17(13-19-5-3-4-12-25-19)14-20(15)27-21(28)26-16(2)18-8-10-22(23,24)11-9-18/h3-7,12,14,16,18H,8-11,13H2,1-2H3,(H2,26,27,28). The molecule has 0 saturated heterocycles. The number of nitrogens with zero attached hydrogens (tertiary/aromatic N) is 1. The van der Waals surface area contributed by atoms with Gasteiger partial charge in [0, 0.05) is 42.9 Å². The average Bonchev–Trinajstić information content (AvgIpc) is 2.65. The lowest BCUT2D eigenvalue weighted by atomic mass is 9.83. The van der Waals surface area contributed by atoms with Crippen LogP contribution >= 0.6 is 0 Å². The molecule has 1 heterocycles. The van der Waals surface area contributed by atoms with Crippen LogP contribution in [-0.4, -0.2) is 23.0 Å². The lowest BCUT2D eigenvalue weighted by molar-refractivity contribution is -0.0483. The summed E-state index contributed by atoms with van der Waals surface area (Å²) in [5.74, 6) is -2.47. The van der Waals surface area contributed by atoms with E-state index in [0.717, 1.165) is 22.5 Å². The summed E-state index contributed by atoms with van der Waals surface area (Å²) >= 11 is 0. The van der Waals surface area contributed by atoms with Crippen LogP contribution in [0.4, 0.5) is 19.3 Å². The van der Waals surface area contributed by atoms with Crippen LogP contribution in [0.1, 0.15) is 49.4 Å². The third kappa shape index (κ3) is 5.50. The van der Waals surface area contributed by atoms with Crippen molar-refractivity contribution in [1.82, 2.24) is 10.3 Å². The Morgan fingerprint density at radius 3 is 2.68 bits per heavy atom. The first-order valence-corrected chi connectivity index (χ1v) is 9.77. The number of carbonyl (C=O) groups excluding carboxylic acids is 1. The smallest absolute Gasteiger partial charge is 0.319 e. The number of anilines is 1. The van der Waals surface area contributed by atoms with Crippen LogP contribution in [0, 0.1) is 12.8 Å². The van der Waals surface area contributed by atoms with Crippen molar-refractivity contribution >= 4 is 11.7 Å². The van der Waals surface area contributed by atoms with Gasteiger partial charge in [-0.05, 0) is 61.9 Å². The highest BCUT2D eigenvalue weighted by atomic mass is 19.3. The van der Waals surface area contributed by atoms with Crippen LogP contribution < -0.4 is 10.6 Å². The second-order valence-corrected chi connectivity index (χ2v) is 7.73. The highest BCUT2D eigenvalue weighted by Gasteiger charge is 2.36. The summed E-state index contributed by atoms with van der Waals surface area (Å²) in [4.78, 5) is 16.8. The third-order valence-corrected chi connectivity index (χ3v) is 5.49. The van der Waals surface area contributed by atoms with Gasteiger partial charge in [0.05, 0.1) is 0 Å². The maximum atomic E-state index is 13.3. The number of hydrogen-bond acceptors (Lipinski definition) is 2. The quantitative estimate of drug-likeness (QED) is 0.730. The second kappa shape index (κ2) is 8.67. The van der Waals surface area contributed by atoms with E-state index in [1.165, 1.54) is 0 Å². The highest BCUT2D eigenvalue weighted by molar-refractivity contribution is 5.90. The SMILES string of the molecule is Cc1ccc(Cc2ccccn2)cc1NC(=O)NC(C)C1CCC(F)(F)CC1. The van der Waals surface area contributed by atoms with Crippen molar-refractivity contribution in [1.29, 1.82) is 0 Å². The summed E-state index contributed by atoms with van der Waals surface area (Å²) < 4.78 is 26.7. The first kappa shape index (κ1) is 20.2. The molecule has 1 aromatic carbocycles. The zero-order valence-corrected chi connectivity index (χ0v) is 16.3. The fraction of sp³-hybridized carbons (Fsp3) is 0.455. The van der Waals surface area contributed by atoms with Crippen LogP contribution in [-0.2, 0) is 6.42 Å². The molecule has 1 saturated carbocycles. The van der Waals surface area contributed by atoms with Gasteiger partial charge in [0.2, 0.25) is 5.92 Å². The molecule has 1 aromatic heterocycles. The van der Waals surface area contributed by atoms with E-state index in [0.29, 0.717) is 19.3 Å². The number of rotatable bonds is 5. The van der Waals surface area contributed by atoms with Crippen molar-refractivity contribution in [3.8, 4) is 0 Å². The lowest BCUT2D eigenvalue weighted by Crippen LogP contribution is -2.43. The summed E-state index contributed by atoms with van der Waals surface area (Å²) in [6.45, 7) is 3.82. The van der Waals surface area contributed by atoms with E-state index in [-0.39, 0.29) is 30.8 Å². The predicted molar refractivity (Wildman–Crippen MR) is 107 cm³/mol. The molecule has 0 aliphatic heterocycles. The van der Waals surface area contributed by atoms with E-state index in [4.69, 9.17) is 0 Å². The number of carbonyl (C=O) groups is 1. The topological polar surface area (TPSA) is 54.0 Å². The Kier molecular flexibility index (Phi) is 6.27. The molecule has 28 heavy (non-hydrogen) atoms. The molecular weight excluding hydrogens is 360 g/mol. The molecule has 2 amide bonds. The van der Waals surface area contributed by atoms with Crippen LogP contribution in [0.25, 0.3) is 0 Å². The van der Waals surface area contributed by atoms with Gasteiger partial charge in [-0.15, -0.1) is 0 Å². The fourth-order valence-electron chi connectivity index (χ4n) is 3.67. The molecule has 1 fully saturated rings. The van der Waals surface area contributed by atoms with E-state index in [1.807, 2.05) is 50.2 Å². The Hall–Kier alpha value is -2.50. The maximum Gasteiger partial charge on any atom is 0.319 e. The van der Waals surface area contributed by atoms with E-state index in [2.05, 4.69) is 15.6 Å². The number of hydrogen-bond donors (Lipinski definition) is 2.